The summed E-state index contributed by atoms with van der Waals surface area (Å²) >= 11 is 0. The maximum absolute atomic E-state index is 12.8. The number of nitrogens with zero attached hydrogens (tertiary/aromatic N) is 4. The van der Waals surface area contributed by atoms with E-state index in [-0.39, 0.29) is 5.91 Å². The number of hydrogen-bond acceptors (Lipinski definition) is 4. The van der Waals surface area contributed by atoms with Gasteiger partial charge in [-0.3, -0.25) is 9.78 Å². The molecule has 2 aromatic heterocycles. The summed E-state index contributed by atoms with van der Waals surface area (Å²) in [6.07, 6.45) is 9.86. The van der Waals surface area contributed by atoms with E-state index in [0.717, 1.165) is 38.0 Å². The van der Waals surface area contributed by atoms with Crippen LogP contribution in [0, 0.1) is 18.8 Å². The van der Waals surface area contributed by atoms with Crippen LogP contribution in [0.15, 0.2) is 36.9 Å². The van der Waals surface area contributed by atoms with Crippen molar-refractivity contribution in [1.29, 1.82) is 0 Å². The molecule has 2 aromatic rings. The lowest BCUT2D eigenvalue weighted by molar-refractivity contribution is -0.131. The number of aryl methyl sites for hydroxylation is 1. The Bertz CT molecular complexity index is 741. The van der Waals surface area contributed by atoms with Gasteiger partial charge in [0.25, 0.3) is 0 Å². The Labute approximate surface area is 154 Å². The summed E-state index contributed by atoms with van der Waals surface area (Å²) in [6.45, 7) is 5.35. The van der Waals surface area contributed by atoms with E-state index in [1.165, 1.54) is 18.4 Å². The highest BCUT2D eigenvalue weighted by atomic mass is 16.5. The van der Waals surface area contributed by atoms with E-state index in [1.807, 2.05) is 35.0 Å². The van der Waals surface area contributed by atoms with Crippen molar-refractivity contribution in [2.45, 2.75) is 32.2 Å². The van der Waals surface area contributed by atoms with Gasteiger partial charge in [-0.25, -0.2) is 4.98 Å². The summed E-state index contributed by atoms with van der Waals surface area (Å²) in [5, 5.41) is 0. The molecule has 0 spiro atoms. The van der Waals surface area contributed by atoms with Gasteiger partial charge in [0.1, 0.15) is 12.4 Å². The summed E-state index contributed by atoms with van der Waals surface area (Å²) in [5.41, 5.74) is 1.24. The monoisotopic (exact) mass is 354 g/mol. The number of imidazole rings is 1. The van der Waals surface area contributed by atoms with Crippen molar-refractivity contribution in [3.8, 4) is 0 Å². The van der Waals surface area contributed by atoms with Crippen LogP contribution in [-0.2, 0) is 16.1 Å². The van der Waals surface area contributed by atoms with Gasteiger partial charge < -0.3 is 14.2 Å². The summed E-state index contributed by atoms with van der Waals surface area (Å²) in [4.78, 5) is 23.1. The molecule has 0 bridgehead atoms. The van der Waals surface area contributed by atoms with Gasteiger partial charge in [0.05, 0.1) is 6.61 Å². The fraction of sp³-hybridized carbons (Fsp3) is 0.550. The van der Waals surface area contributed by atoms with Gasteiger partial charge in [-0.15, -0.1) is 0 Å². The Kier molecular flexibility index (Phi) is 5.02. The SMILES string of the molecule is Cc1nccn1CC(=O)N1C[C@@H](COCC2CC2)[C@H](c2ccncc2)C1. The molecule has 1 aliphatic heterocycles. The molecule has 0 aromatic carbocycles. The molecule has 26 heavy (non-hydrogen) atoms. The van der Waals surface area contributed by atoms with Crippen LogP contribution in [0.3, 0.4) is 0 Å². The van der Waals surface area contributed by atoms with E-state index in [2.05, 4.69) is 22.1 Å². The van der Waals surface area contributed by atoms with E-state index in [1.54, 1.807) is 6.20 Å². The maximum Gasteiger partial charge on any atom is 0.242 e. The number of likely N-dealkylation sites (tertiary alicyclic amines) is 1. The summed E-state index contributed by atoms with van der Waals surface area (Å²) in [5.74, 6) is 2.43. The Morgan fingerprint density at radius 1 is 1.19 bits per heavy atom. The molecular weight excluding hydrogens is 328 g/mol. The van der Waals surface area contributed by atoms with Crippen LogP contribution in [0.1, 0.15) is 30.1 Å². The number of amides is 1. The van der Waals surface area contributed by atoms with E-state index < -0.39 is 0 Å². The Balaban J connectivity index is 1.43. The quantitative estimate of drug-likeness (QED) is 0.765. The molecular formula is C20H26N4O2. The van der Waals surface area contributed by atoms with Crippen molar-refractivity contribution in [2.24, 2.45) is 11.8 Å². The average molecular weight is 354 g/mol. The minimum Gasteiger partial charge on any atom is -0.381 e. The summed E-state index contributed by atoms with van der Waals surface area (Å²) in [7, 11) is 0. The number of carbonyl (C=O) groups excluding carboxylic acids is 1. The van der Waals surface area contributed by atoms with Crippen LogP contribution >= 0.6 is 0 Å². The van der Waals surface area contributed by atoms with E-state index in [4.69, 9.17) is 4.74 Å². The predicted octanol–water partition coefficient (Wildman–Crippen LogP) is 2.26. The number of ether oxygens (including phenoxy) is 1. The van der Waals surface area contributed by atoms with Crippen LogP contribution in [0.25, 0.3) is 0 Å². The first-order valence-corrected chi connectivity index (χ1v) is 9.44. The number of carbonyl (C=O) groups is 1. The van der Waals surface area contributed by atoms with Gasteiger partial charge in [0.15, 0.2) is 0 Å². The summed E-state index contributed by atoms with van der Waals surface area (Å²) in [6, 6.07) is 4.12. The standard InChI is InChI=1S/C20H26N4O2/c1-15-22-8-9-23(15)12-20(25)24-10-18(14-26-13-16-2-3-16)19(11-24)17-4-6-21-7-5-17/h4-9,16,18-19H,2-3,10-14H2,1H3/t18-,19-/m0/s1. The fourth-order valence-electron chi connectivity index (χ4n) is 3.72. The molecule has 2 aliphatic rings. The van der Waals surface area contributed by atoms with Gasteiger partial charge in [-0.05, 0) is 43.4 Å². The molecule has 0 unspecified atom stereocenters. The molecule has 2 fully saturated rings. The second-order valence-corrected chi connectivity index (χ2v) is 7.53. The first kappa shape index (κ1) is 17.2. The molecule has 1 amide bonds. The second kappa shape index (κ2) is 7.58. The lowest BCUT2D eigenvalue weighted by atomic mass is 9.90. The van der Waals surface area contributed by atoms with Gasteiger partial charge in [-0.1, -0.05) is 0 Å². The van der Waals surface area contributed by atoms with Crippen LogP contribution < -0.4 is 0 Å². The lowest BCUT2D eigenvalue weighted by Crippen LogP contribution is -2.32. The predicted molar refractivity (Wildman–Crippen MR) is 97.6 cm³/mol. The molecule has 6 heteroatoms. The molecule has 1 saturated carbocycles. The Morgan fingerprint density at radius 3 is 2.69 bits per heavy atom. The van der Waals surface area contributed by atoms with Gasteiger partial charge in [0.2, 0.25) is 5.91 Å². The van der Waals surface area contributed by atoms with E-state index >= 15 is 0 Å². The second-order valence-electron chi connectivity index (χ2n) is 7.53. The van der Waals surface area contributed by atoms with Crippen molar-refractivity contribution in [3.05, 3.63) is 48.3 Å². The van der Waals surface area contributed by atoms with Crippen molar-refractivity contribution < 1.29 is 9.53 Å². The first-order valence-electron chi connectivity index (χ1n) is 9.44. The number of hydrogen-bond donors (Lipinski definition) is 0. The molecule has 4 rings (SSSR count). The molecule has 3 heterocycles. The summed E-state index contributed by atoms with van der Waals surface area (Å²) < 4.78 is 7.88. The molecule has 138 valence electrons. The van der Waals surface area contributed by atoms with Crippen LogP contribution in [0.2, 0.25) is 0 Å². The Morgan fingerprint density at radius 2 is 2.00 bits per heavy atom. The number of pyridine rings is 1. The minimum atomic E-state index is 0.148. The molecule has 1 saturated heterocycles. The zero-order valence-electron chi connectivity index (χ0n) is 15.3. The van der Waals surface area contributed by atoms with Crippen molar-refractivity contribution in [2.75, 3.05) is 26.3 Å². The molecule has 0 N–H and O–H groups in total. The van der Waals surface area contributed by atoms with E-state index in [9.17, 15) is 4.79 Å². The van der Waals surface area contributed by atoms with Gasteiger partial charge in [-0.2, -0.15) is 0 Å². The lowest BCUT2D eigenvalue weighted by Gasteiger charge is -2.18. The zero-order chi connectivity index (χ0) is 17.9. The van der Waals surface area contributed by atoms with Crippen molar-refractivity contribution >= 4 is 5.91 Å². The highest BCUT2D eigenvalue weighted by Gasteiger charge is 2.36. The van der Waals surface area contributed by atoms with Crippen LogP contribution in [0.5, 0.6) is 0 Å². The van der Waals surface area contributed by atoms with Crippen molar-refractivity contribution in [1.82, 2.24) is 19.4 Å². The van der Waals surface area contributed by atoms with Crippen LogP contribution in [-0.4, -0.2) is 51.6 Å². The Hall–Kier alpha value is -2.21. The minimum absolute atomic E-state index is 0.148. The highest BCUT2D eigenvalue weighted by Crippen LogP contribution is 2.34. The smallest absolute Gasteiger partial charge is 0.242 e. The number of aromatic nitrogens is 3. The average Bonchev–Trinajstić information content (AvgIpc) is 3.24. The highest BCUT2D eigenvalue weighted by molar-refractivity contribution is 5.76. The molecule has 0 radical (unpaired) electrons. The van der Waals surface area contributed by atoms with Gasteiger partial charge >= 0.3 is 0 Å². The third kappa shape index (κ3) is 3.96. The number of rotatable bonds is 7. The molecule has 6 nitrogen and oxygen atoms in total. The van der Waals surface area contributed by atoms with Crippen LogP contribution in [0.4, 0.5) is 0 Å². The van der Waals surface area contributed by atoms with E-state index in [0.29, 0.717) is 18.4 Å². The molecule has 2 atom stereocenters. The largest absolute Gasteiger partial charge is 0.381 e. The first-order chi connectivity index (χ1) is 12.7. The fourth-order valence-corrected chi connectivity index (χ4v) is 3.72. The maximum atomic E-state index is 12.8. The third-order valence-electron chi connectivity index (χ3n) is 5.54. The zero-order valence-corrected chi connectivity index (χ0v) is 15.3. The molecule has 1 aliphatic carbocycles. The normalized spacial score (nSPS) is 22.7. The van der Waals surface area contributed by atoms with Crippen molar-refractivity contribution in [3.63, 3.8) is 0 Å². The topological polar surface area (TPSA) is 60.2 Å². The third-order valence-corrected chi connectivity index (χ3v) is 5.54. The van der Waals surface area contributed by atoms with Gasteiger partial charge in [0, 0.05) is 56.3 Å².